The fourth-order valence-electron chi connectivity index (χ4n) is 2.21. The zero-order valence-corrected chi connectivity index (χ0v) is 13.3. The van der Waals surface area contributed by atoms with Crippen LogP contribution < -0.4 is 0 Å². The van der Waals surface area contributed by atoms with Crippen molar-refractivity contribution in [3.63, 3.8) is 0 Å². The van der Waals surface area contributed by atoms with E-state index in [1.807, 2.05) is 16.7 Å². The van der Waals surface area contributed by atoms with E-state index < -0.39 is 0 Å². The molecule has 2 aromatic heterocycles. The molecule has 3 aromatic rings. The van der Waals surface area contributed by atoms with Crippen LogP contribution in [0.3, 0.4) is 0 Å². The van der Waals surface area contributed by atoms with E-state index >= 15 is 0 Å². The molecule has 0 aliphatic rings. The van der Waals surface area contributed by atoms with Gasteiger partial charge in [-0.15, -0.1) is 0 Å². The fraction of sp³-hybridized carbons (Fsp3) is 0.250. The van der Waals surface area contributed by atoms with Crippen LogP contribution in [-0.2, 0) is 5.41 Å². The lowest BCUT2D eigenvalue weighted by Crippen LogP contribution is -2.10. The van der Waals surface area contributed by atoms with Crippen molar-refractivity contribution in [1.82, 2.24) is 14.4 Å². The first-order chi connectivity index (χ1) is 9.47. The summed E-state index contributed by atoms with van der Waals surface area (Å²) in [6.07, 6.45) is 3.75. The van der Waals surface area contributed by atoms with Gasteiger partial charge in [0.15, 0.2) is 10.3 Å². The first-order valence-electron chi connectivity index (χ1n) is 6.56. The Balaban J connectivity index is 2.12. The summed E-state index contributed by atoms with van der Waals surface area (Å²) in [5.74, 6) is 0.903. The van der Waals surface area contributed by atoms with Crippen LogP contribution in [0.5, 0.6) is 0 Å². The maximum atomic E-state index is 4.57. The molecule has 0 saturated heterocycles. The van der Waals surface area contributed by atoms with Crippen LogP contribution in [0.4, 0.5) is 0 Å². The molecule has 4 heteroatoms. The van der Waals surface area contributed by atoms with E-state index in [1.165, 1.54) is 5.56 Å². The van der Waals surface area contributed by atoms with Crippen LogP contribution in [0.25, 0.3) is 17.0 Å². The van der Waals surface area contributed by atoms with Gasteiger partial charge in [-0.05, 0) is 33.0 Å². The molecule has 0 bridgehead atoms. The van der Waals surface area contributed by atoms with Gasteiger partial charge >= 0.3 is 0 Å². The highest BCUT2D eigenvalue weighted by Crippen LogP contribution is 2.28. The maximum Gasteiger partial charge on any atom is 0.171 e. The third-order valence-electron chi connectivity index (χ3n) is 3.37. The van der Waals surface area contributed by atoms with Crippen LogP contribution in [-0.4, -0.2) is 14.4 Å². The normalized spacial score (nSPS) is 12.0. The molecule has 0 aliphatic carbocycles. The maximum absolute atomic E-state index is 4.57. The van der Waals surface area contributed by atoms with Crippen molar-refractivity contribution >= 4 is 21.6 Å². The minimum atomic E-state index is 0.162. The van der Waals surface area contributed by atoms with Gasteiger partial charge in [0, 0.05) is 18.0 Å². The summed E-state index contributed by atoms with van der Waals surface area (Å²) in [6.45, 7) is 6.65. The van der Waals surface area contributed by atoms with E-state index in [1.54, 1.807) is 6.20 Å². The molecule has 2 heterocycles. The summed E-state index contributed by atoms with van der Waals surface area (Å²) in [5, 5.41) is 0. The van der Waals surface area contributed by atoms with Crippen molar-refractivity contribution in [2.45, 2.75) is 26.2 Å². The third-order valence-corrected chi connectivity index (χ3v) is 3.90. The highest BCUT2D eigenvalue weighted by Gasteiger charge is 2.15. The monoisotopic (exact) mass is 329 g/mol. The standard InChI is InChI=1S/C16H16BrN3/c1-16(2,3)12-7-5-11(6-8-12)14-19-13(17)15-18-9-4-10-20(14)15/h4-10H,1-3H3. The average molecular weight is 330 g/mol. The smallest absolute Gasteiger partial charge is 0.171 e. The first kappa shape index (κ1) is 13.3. The van der Waals surface area contributed by atoms with Gasteiger partial charge in [0.2, 0.25) is 0 Å². The second-order valence-corrected chi connectivity index (χ2v) is 6.62. The molecule has 0 radical (unpaired) electrons. The van der Waals surface area contributed by atoms with Crippen LogP contribution in [0.15, 0.2) is 47.3 Å². The van der Waals surface area contributed by atoms with Crippen LogP contribution >= 0.6 is 15.9 Å². The minimum absolute atomic E-state index is 0.162. The first-order valence-corrected chi connectivity index (χ1v) is 7.35. The Morgan fingerprint density at radius 2 is 1.80 bits per heavy atom. The van der Waals surface area contributed by atoms with Gasteiger partial charge in [-0.25, -0.2) is 9.97 Å². The molecule has 0 atom stereocenters. The molecule has 102 valence electrons. The third kappa shape index (κ3) is 2.24. The fourth-order valence-corrected chi connectivity index (χ4v) is 2.68. The molecule has 1 aromatic carbocycles. The van der Waals surface area contributed by atoms with Gasteiger partial charge in [0.05, 0.1) is 0 Å². The number of aromatic nitrogens is 3. The SMILES string of the molecule is CC(C)(C)c1ccc(-c2nc(Br)c3ncccn23)cc1. The number of nitrogens with zero attached hydrogens (tertiary/aromatic N) is 3. The van der Waals surface area contributed by atoms with Crippen molar-refractivity contribution in [3.8, 4) is 11.4 Å². The zero-order valence-electron chi connectivity index (χ0n) is 11.8. The Bertz CT molecular complexity index is 751. The van der Waals surface area contributed by atoms with Crippen LogP contribution in [0, 0.1) is 0 Å². The summed E-state index contributed by atoms with van der Waals surface area (Å²) in [5.41, 5.74) is 3.41. The molecule has 0 unspecified atom stereocenters. The Morgan fingerprint density at radius 3 is 2.45 bits per heavy atom. The van der Waals surface area contributed by atoms with Gasteiger partial charge in [-0.2, -0.15) is 0 Å². The lowest BCUT2D eigenvalue weighted by atomic mass is 9.87. The number of halogens is 1. The lowest BCUT2D eigenvalue weighted by molar-refractivity contribution is 0.590. The Labute approximate surface area is 126 Å². The largest absolute Gasteiger partial charge is 0.283 e. The van der Waals surface area contributed by atoms with E-state index in [4.69, 9.17) is 0 Å². The Hall–Kier alpha value is -1.68. The van der Waals surface area contributed by atoms with E-state index in [-0.39, 0.29) is 5.41 Å². The van der Waals surface area contributed by atoms with E-state index in [9.17, 15) is 0 Å². The molecule has 0 aliphatic heterocycles. The van der Waals surface area contributed by atoms with E-state index in [0.717, 1.165) is 21.6 Å². The molecular weight excluding hydrogens is 314 g/mol. The molecule has 3 rings (SSSR count). The molecule has 0 amide bonds. The number of benzene rings is 1. The number of fused-ring (bicyclic) bond motifs is 1. The van der Waals surface area contributed by atoms with E-state index in [0.29, 0.717) is 0 Å². The lowest BCUT2D eigenvalue weighted by Gasteiger charge is -2.18. The van der Waals surface area contributed by atoms with Gasteiger partial charge in [0.1, 0.15) is 5.82 Å². The summed E-state index contributed by atoms with van der Waals surface area (Å²) in [6, 6.07) is 10.5. The molecule has 0 fully saturated rings. The van der Waals surface area contributed by atoms with Gasteiger partial charge in [0.25, 0.3) is 0 Å². The number of imidazole rings is 1. The van der Waals surface area contributed by atoms with Crippen molar-refractivity contribution in [1.29, 1.82) is 0 Å². The van der Waals surface area contributed by atoms with Crippen molar-refractivity contribution in [2.24, 2.45) is 0 Å². The number of hydrogen-bond acceptors (Lipinski definition) is 2. The predicted molar refractivity (Wildman–Crippen MR) is 84.8 cm³/mol. The highest BCUT2D eigenvalue weighted by atomic mass is 79.9. The molecular formula is C16H16BrN3. The van der Waals surface area contributed by atoms with E-state index in [2.05, 4.69) is 70.9 Å². The van der Waals surface area contributed by atoms with Crippen molar-refractivity contribution < 1.29 is 0 Å². The Kier molecular flexibility index (Phi) is 3.13. The Morgan fingerprint density at radius 1 is 1.10 bits per heavy atom. The second kappa shape index (κ2) is 4.70. The summed E-state index contributed by atoms with van der Waals surface area (Å²) >= 11 is 3.47. The summed E-state index contributed by atoms with van der Waals surface area (Å²) < 4.78 is 2.77. The van der Waals surface area contributed by atoms with Crippen molar-refractivity contribution in [2.75, 3.05) is 0 Å². The summed E-state index contributed by atoms with van der Waals surface area (Å²) in [7, 11) is 0. The average Bonchev–Trinajstić information content (AvgIpc) is 2.76. The number of hydrogen-bond donors (Lipinski definition) is 0. The highest BCUT2D eigenvalue weighted by molar-refractivity contribution is 9.10. The van der Waals surface area contributed by atoms with Gasteiger partial charge in [-0.3, -0.25) is 4.40 Å². The molecule has 0 saturated carbocycles. The molecule has 3 nitrogen and oxygen atoms in total. The van der Waals surface area contributed by atoms with Crippen molar-refractivity contribution in [3.05, 3.63) is 52.9 Å². The van der Waals surface area contributed by atoms with Crippen LogP contribution in [0.1, 0.15) is 26.3 Å². The number of rotatable bonds is 1. The van der Waals surface area contributed by atoms with Crippen LogP contribution in [0.2, 0.25) is 0 Å². The molecule has 0 N–H and O–H groups in total. The summed E-state index contributed by atoms with van der Waals surface area (Å²) in [4.78, 5) is 8.91. The topological polar surface area (TPSA) is 30.2 Å². The molecule has 0 spiro atoms. The quantitative estimate of drug-likeness (QED) is 0.660. The van der Waals surface area contributed by atoms with Gasteiger partial charge < -0.3 is 0 Å². The molecule has 20 heavy (non-hydrogen) atoms. The second-order valence-electron chi connectivity index (χ2n) is 5.87. The minimum Gasteiger partial charge on any atom is -0.283 e. The predicted octanol–water partition coefficient (Wildman–Crippen LogP) is 4.46. The zero-order chi connectivity index (χ0) is 14.3. The van der Waals surface area contributed by atoms with Gasteiger partial charge in [-0.1, -0.05) is 45.0 Å².